The van der Waals surface area contributed by atoms with Crippen LogP contribution in [0.1, 0.15) is 58.3 Å². The molecule has 0 fully saturated rings. The van der Waals surface area contributed by atoms with Crippen LogP contribution in [-0.2, 0) is 0 Å². The van der Waals surface area contributed by atoms with E-state index in [2.05, 4.69) is 20.1 Å². The molecule has 0 atom stereocenters. The third kappa shape index (κ3) is 31.5. The second kappa shape index (κ2) is 29.2. The van der Waals surface area contributed by atoms with Gasteiger partial charge in [0.15, 0.2) is 0 Å². The van der Waals surface area contributed by atoms with Gasteiger partial charge in [-0.3, -0.25) is 0 Å². The molecule has 0 aliphatic carbocycles. The molecular formula is C12H33ClN2+2. The van der Waals surface area contributed by atoms with Crippen LogP contribution < -0.4 is 12.3 Å². The van der Waals surface area contributed by atoms with E-state index in [4.69, 9.17) is 11.6 Å². The van der Waals surface area contributed by atoms with Gasteiger partial charge in [-0.25, -0.2) is 0 Å². The Hall–Kier alpha value is -0.0500. The van der Waals surface area contributed by atoms with Crippen LogP contribution in [0.5, 0.6) is 0 Å². The highest BCUT2D eigenvalue weighted by Crippen LogP contribution is 2.08. The average Bonchev–Trinajstić information content (AvgIpc) is 2.20. The fourth-order valence-electron chi connectivity index (χ4n) is 1.23. The quantitative estimate of drug-likeness (QED) is 0.300. The molecule has 0 spiro atoms. The Morgan fingerprint density at radius 3 is 1.40 bits per heavy atom. The minimum Gasteiger partial charge on any atom is -0.369 e. The first kappa shape index (κ1) is 24.3. The van der Waals surface area contributed by atoms with Crippen molar-refractivity contribution in [2.45, 2.75) is 58.3 Å². The fourth-order valence-corrected chi connectivity index (χ4v) is 1.42. The van der Waals surface area contributed by atoms with E-state index in [1.807, 2.05) is 0 Å². The predicted molar refractivity (Wildman–Crippen MR) is 76.6 cm³/mol. The molecule has 0 amide bonds. The highest BCUT2D eigenvalue weighted by molar-refractivity contribution is 6.17. The SMILES string of the molecule is C=C.CCCCCCCCCCCl.[NH4+].[NH4+]. The average molecular weight is 241 g/mol. The van der Waals surface area contributed by atoms with Gasteiger partial charge in [0.2, 0.25) is 0 Å². The standard InChI is InChI=1S/C10H21Cl.C2H4.2H3N/c1-2-3-4-5-6-7-8-9-10-11;1-2;;/h2-10H2,1H3;1-2H2;2*1H3/p+2. The summed E-state index contributed by atoms with van der Waals surface area (Å²) in [6, 6.07) is 0. The molecule has 0 aromatic heterocycles. The molecule has 0 heterocycles. The summed E-state index contributed by atoms with van der Waals surface area (Å²) >= 11 is 5.56. The van der Waals surface area contributed by atoms with Crippen molar-refractivity contribution in [1.29, 1.82) is 0 Å². The summed E-state index contributed by atoms with van der Waals surface area (Å²) in [7, 11) is 0. The number of unbranched alkanes of at least 4 members (excludes halogenated alkanes) is 7. The maximum Gasteiger partial charge on any atom is 0.0223 e. The second-order valence-corrected chi connectivity index (χ2v) is 3.54. The van der Waals surface area contributed by atoms with Crippen LogP contribution in [0.15, 0.2) is 13.2 Å². The lowest BCUT2D eigenvalue weighted by Crippen LogP contribution is -1.80. The summed E-state index contributed by atoms with van der Waals surface area (Å²) in [6.45, 7) is 8.26. The van der Waals surface area contributed by atoms with Crippen molar-refractivity contribution in [2.24, 2.45) is 0 Å². The molecular weight excluding hydrogens is 208 g/mol. The topological polar surface area (TPSA) is 73.0 Å². The van der Waals surface area contributed by atoms with Crippen molar-refractivity contribution in [1.82, 2.24) is 12.3 Å². The summed E-state index contributed by atoms with van der Waals surface area (Å²) in [5.74, 6) is 0.842. The molecule has 15 heavy (non-hydrogen) atoms. The summed E-state index contributed by atoms with van der Waals surface area (Å²) < 4.78 is 0. The number of hydrogen-bond acceptors (Lipinski definition) is 0. The maximum atomic E-state index is 5.56. The Kier molecular flexibility index (Phi) is 47.2. The number of rotatable bonds is 8. The van der Waals surface area contributed by atoms with Crippen molar-refractivity contribution >= 4 is 11.6 Å². The van der Waals surface area contributed by atoms with E-state index in [-0.39, 0.29) is 12.3 Å². The van der Waals surface area contributed by atoms with E-state index in [0.717, 1.165) is 5.88 Å². The third-order valence-electron chi connectivity index (χ3n) is 1.99. The molecule has 0 unspecified atom stereocenters. The van der Waals surface area contributed by atoms with E-state index in [9.17, 15) is 0 Å². The molecule has 96 valence electrons. The van der Waals surface area contributed by atoms with E-state index < -0.39 is 0 Å². The molecule has 0 aliphatic heterocycles. The van der Waals surface area contributed by atoms with E-state index in [1.165, 1.54) is 51.4 Å². The lowest BCUT2D eigenvalue weighted by Gasteiger charge is -1.98. The Labute approximate surface area is 102 Å². The minimum atomic E-state index is 0. The summed E-state index contributed by atoms with van der Waals surface area (Å²) in [4.78, 5) is 0. The van der Waals surface area contributed by atoms with Gasteiger partial charge < -0.3 is 12.3 Å². The molecule has 0 aliphatic rings. The Morgan fingerprint density at radius 1 is 0.733 bits per heavy atom. The van der Waals surface area contributed by atoms with Crippen LogP contribution >= 0.6 is 11.6 Å². The largest absolute Gasteiger partial charge is 0.369 e. The number of quaternary nitrogens is 2. The van der Waals surface area contributed by atoms with Crippen LogP contribution in [0.3, 0.4) is 0 Å². The molecule has 0 bridgehead atoms. The van der Waals surface area contributed by atoms with Crippen LogP contribution in [0, 0.1) is 0 Å². The summed E-state index contributed by atoms with van der Waals surface area (Å²) in [5, 5.41) is 0. The summed E-state index contributed by atoms with van der Waals surface area (Å²) in [5.41, 5.74) is 0. The highest BCUT2D eigenvalue weighted by atomic mass is 35.5. The lowest BCUT2D eigenvalue weighted by molar-refractivity contribution is 0.586. The number of alkyl halides is 1. The first-order valence-electron chi connectivity index (χ1n) is 5.47. The van der Waals surface area contributed by atoms with E-state index >= 15 is 0 Å². The Bertz CT molecular complexity index is 72.0. The zero-order valence-corrected chi connectivity index (χ0v) is 11.9. The molecule has 0 aromatic rings. The van der Waals surface area contributed by atoms with Crippen molar-refractivity contribution in [3.8, 4) is 0 Å². The van der Waals surface area contributed by atoms with E-state index in [0.29, 0.717) is 0 Å². The zero-order valence-electron chi connectivity index (χ0n) is 11.2. The smallest absolute Gasteiger partial charge is 0.0223 e. The Balaban J connectivity index is -0.000000142. The molecule has 3 heteroatoms. The van der Waals surface area contributed by atoms with Crippen LogP contribution in [0.4, 0.5) is 0 Å². The third-order valence-corrected chi connectivity index (χ3v) is 2.25. The number of hydrogen-bond donors (Lipinski definition) is 2. The molecule has 0 aromatic carbocycles. The number of halogens is 1. The Morgan fingerprint density at radius 2 is 1.07 bits per heavy atom. The monoisotopic (exact) mass is 240 g/mol. The molecule has 2 nitrogen and oxygen atoms in total. The second-order valence-electron chi connectivity index (χ2n) is 3.16. The zero-order chi connectivity index (χ0) is 10.4. The van der Waals surface area contributed by atoms with Gasteiger partial charge in [0.25, 0.3) is 0 Å². The van der Waals surface area contributed by atoms with Gasteiger partial charge in [0, 0.05) is 5.88 Å². The van der Waals surface area contributed by atoms with E-state index in [1.54, 1.807) is 0 Å². The maximum absolute atomic E-state index is 5.56. The highest BCUT2D eigenvalue weighted by Gasteiger charge is 1.89. The van der Waals surface area contributed by atoms with Gasteiger partial charge in [0.1, 0.15) is 0 Å². The van der Waals surface area contributed by atoms with Gasteiger partial charge in [-0.05, 0) is 6.42 Å². The van der Waals surface area contributed by atoms with Gasteiger partial charge in [-0.2, -0.15) is 0 Å². The normalized spacial score (nSPS) is 7.87. The molecule has 0 saturated carbocycles. The molecule has 0 rings (SSSR count). The van der Waals surface area contributed by atoms with Gasteiger partial charge in [0.05, 0.1) is 0 Å². The molecule has 0 saturated heterocycles. The van der Waals surface area contributed by atoms with Crippen LogP contribution in [-0.4, -0.2) is 5.88 Å². The van der Waals surface area contributed by atoms with Crippen molar-refractivity contribution in [3.63, 3.8) is 0 Å². The van der Waals surface area contributed by atoms with Crippen molar-refractivity contribution in [3.05, 3.63) is 13.2 Å². The van der Waals surface area contributed by atoms with Crippen molar-refractivity contribution < 1.29 is 0 Å². The first-order valence-corrected chi connectivity index (χ1v) is 6.01. The van der Waals surface area contributed by atoms with Gasteiger partial charge in [-0.15, -0.1) is 24.8 Å². The fraction of sp³-hybridized carbons (Fsp3) is 0.833. The molecule has 8 N–H and O–H groups in total. The first-order chi connectivity index (χ1) is 6.41. The predicted octanol–water partition coefficient (Wildman–Crippen LogP) is 5.92. The van der Waals surface area contributed by atoms with Crippen molar-refractivity contribution in [2.75, 3.05) is 5.88 Å². The minimum absolute atomic E-state index is 0. The van der Waals surface area contributed by atoms with Crippen LogP contribution in [0.2, 0.25) is 0 Å². The van der Waals surface area contributed by atoms with Gasteiger partial charge in [-0.1, -0.05) is 51.9 Å². The van der Waals surface area contributed by atoms with Gasteiger partial charge >= 0.3 is 0 Å². The van der Waals surface area contributed by atoms with Crippen LogP contribution in [0.25, 0.3) is 0 Å². The molecule has 0 radical (unpaired) electrons. The summed E-state index contributed by atoms with van der Waals surface area (Å²) in [6.07, 6.45) is 10.9. The lowest BCUT2D eigenvalue weighted by atomic mass is 10.1.